The number of carbonyl (C=O) groups is 1. The highest BCUT2D eigenvalue weighted by atomic mass is 32.2. The zero-order valence-electron chi connectivity index (χ0n) is 19.1. The van der Waals surface area contributed by atoms with Crippen LogP contribution in [0.4, 0.5) is 8.78 Å². The van der Waals surface area contributed by atoms with Gasteiger partial charge < -0.3 is 14.6 Å². The summed E-state index contributed by atoms with van der Waals surface area (Å²) in [6, 6.07) is 9.20. The minimum absolute atomic E-state index is 0.0493. The summed E-state index contributed by atoms with van der Waals surface area (Å²) < 4.78 is 28.6. The van der Waals surface area contributed by atoms with Gasteiger partial charge in [-0.1, -0.05) is 17.8 Å². The van der Waals surface area contributed by atoms with E-state index in [1.807, 2.05) is 19.2 Å². The van der Waals surface area contributed by atoms with E-state index in [9.17, 15) is 18.7 Å². The number of nitrogens with zero attached hydrogens (tertiary/aromatic N) is 4. The standard InChI is InChI=1S/C25H26F2N4O2S/c1-15(32)19-11-17(5-7-22(19)33)25-12-18(25)13-31(14-25)8-3-9-34-24-29-28-23(30(24)2)16-4-6-20(26)21(27)10-16/h4-7,10-11,18,33H,3,8-9,12-14H2,1-2H3/t18-,25-/m1/s1. The maximum Gasteiger partial charge on any atom is 0.191 e. The number of hydrogen-bond acceptors (Lipinski definition) is 6. The number of aromatic hydroxyl groups is 1. The number of phenols is 1. The summed E-state index contributed by atoms with van der Waals surface area (Å²) in [6.07, 6.45) is 2.11. The second-order valence-corrected chi connectivity index (χ2v) is 10.3. The van der Waals surface area contributed by atoms with Crippen LogP contribution in [-0.2, 0) is 12.5 Å². The minimum atomic E-state index is -0.902. The molecule has 6 nitrogen and oxygen atoms in total. The van der Waals surface area contributed by atoms with E-state index in [1.165, 1.54) is 13.0 Å². The second-order valence-electron chi connectivity index (χ2n) is 9.28. The summed E-state index contributed by atoms with van der Waals surface area (Å²) >= 11 is 1.60. The topological polar surface area (TPSA) is 71.2 Å². The van der Waals surface area contributed by atoms with Gasteiger partial charge in [0.25, 0.3) is 0 Å². The Morgan fingerprint density at radius 1 is 1.21 bits per heavy atom. The van der Waals surface area contributed by atoms with Gasteiger partial charge in [-0.15, -0.1) is 10.2 Å². The van der Waals surface area contributed by atoms with Gasteiger partial charge in [-0.3, -0.25) is 4.79 Å². The van der Waals surface area contributed by atoms with Crippen LogP contribution < -0.4 is 0 Å². The van der Waals surface area contributed by atoms with Gasteiger partial charge in [0.05, 0.1) is 5.56 Å². The van der Waals surface area contributed by atoms with E-state index in [4.69, 9.17) is 0 Å². The Morgan fingerprint density at radius 3 is 2.79 bits per heavy atom. The van der Waals surface area contributed by atoms with Gasteiger partial charge in [-0.05, 0) is 68.1 Å². The monoisotopic (exact) mass is 484 g/mol. The van der Waals surface area contributed by atoms with Crippen molar-refractivity contribution in [2.75, 3.05) is 25.4 Å². The molecule has 3 aromatic rings. The van der Waals surface area contributed by atoms with Gasteiger partial charge in [0, 0.05) is 36.9 Å². The molecule has 1 N–H and O–H groups in total. The molecule has 2 fully saturated rings. The van der Waals surface area contributed by atoms with Crippen molar-refractivity contribution in [2.24, 2.45) is 13.0 Å². The Bertz CT molecular complexity index is 1260. The maximum atomic E-state index is 13.6. The van der Waals surface area contributed by atoms with E-state index in [0.717, 1.165) is 61.1 Å². The summed E-state index contributed by atoms with van der Waals surface area (Å²) in [5.41, 5.74) is 2.15. The number of aromatic nitrogens is 3. The fourth-order valence-corrected chi connectivity index (χ4v) is 5.95. The molecule has 1 saturated carbocycles. The summed E-state index contributed by atoms with van der Waals surface area (Å²) in [7, 11) is 1.82. The Balaban J connectivity index is 1.15. The molecule has 178 valence electrons. The smallest absolute Gasteiger partial charge is 0.191 e. The lowest BCUT2D eigenvalue weighted by Crippen LogP contribution is -2.28. The fraction of sp³-hybridized carbons (Fsp3) is 0.400. The van der Waals surface area contributed by atoms with Gasteiger partial charge in [0.2, 0.25) is 0 Å². The summed E-state index contributed by atoms with van der Waals surface area (Å²) in [5, 5.41) is 19.1. The number of benzene rings is 2. The van der Waals surface area contributed by atoms with Crippen molar-refractivity contribution >= 4 is 17.5 Å². The zero-order chi connectivity index (χ0) is 24.0. The molecule has 2 aliphatic rings. The molecule has 9 heteroatoms. The van der Waals surface area contributed by atoms with Crippen molar-refractivity contribution < 1.29 is 18.7 Å². The number of Topliss-reactive ketones (excluding diaryl/α,β-unsaturated/α-hetero) is 1. The highest BCUT2D eigenvalue weighted by Crippen LogP contribution is 2.59. The SMILES string of the molecule is CC(=O)c1cc([C@]23C[C@@H]2CN(CCCSc2nnc(-c4ccc(F)c(F)c4)n2C)C3)ccc1O. The molecule has 0 amide bonds. The summed E-state index contributed by atoms with van der Waals surface area (Å²) in [5.74, 6) is 0.117. The number of thioether (sulfide) groups is 1. The number of carbonyl (C=O) groups excluding carboxylic acids is 1. The fourth-order valence-electron chi connectivity index (χ4n) is 5.11. The average Bonchev–Trinajstić information content (AvgIpc) is 3.18. The van der Waals surface area contributed by atoms with Crippen LogP contribution in [0.2, 0.25) is 0 Å². The third-order valence-corrected chi connectivity index (χ3v) is 8.14. The molecule has 1 saturated heterocycles. The Morgan fingerprint density at radius 2 is 2.03 bits per heavy atom. The Hall–Kier alpha value is -2.78. The lowest BCUT2D eigenvalue weighted by atomic mass is 9.92. The van der Waals surface area contributed by atoms with Crippen LogP contribution in [0, 0.1) is 17.6 Å². The number of halogens is 2. The van der Waals surface area contributed by atoms with Crippen molar-refractivity contribution in [3.63, 3.8) is 0 Å². The molecule has 34 heavy (non-hydrogen) atoms. The number of phenolic OH excluding ortho intramolecular Hbond substituents is 1. The van der Waals surface area contributed by atoms with Crippen LogP contribution in [-0.4, -0.2) is 55.9 Å². The molecule has 2 heterocycles. The third kappa shape index (κ3) is 4.11. The molecule has 0 spiro atoms. The van der Waals surface area contributed by atoms with Crippen molar-refractivity contribution in [2.45, 2.75) is 30.3 Å². The van der Waals surface area contributed by atoms with Crippen molar-refractivity contribution in [1.29, 1.82) is 0 Å². The van der Waals surface area contributed by atoms with E-state index in [2.05, 4.69) is 15.1 Å². The van der Waals surface area contributed by atoms with E-state index in [1.54, 1.807) is 22.4 Å². The van der Waals surface area contributed by atoms with Crippen molar-refractivity contribution in [3.05, 3.63) is 59.2 Å². The second kappa shape index (κ2) is 8.78. The van der Waals surface area contributed by atoms with Crippen LogP contribution in [0.1, 0.15) is 35.7 Å². The lowest BCUT2D eigenvalue weighted by molar-refractivity contribution is 0.101. The number of likely N-dealkylation sites (tertiary alicyclic amines) is 1. The predicted octanol–water partition coefficient (Wildman–Crippen LogP) is 4.42. The van der Waals surface area contributed by atoms with Crippen LogP contribution in [0.25, 0.3) is 11.4 Å². The van der Waals surface area contributed by atoms with E-state index in [0.29, 0.717) is 22.9 Å². The van der Waals surface area contributed by atoms with E-state index < -0.39 is 11.6 Å². The van der Waals surface area contributed by atoms with Gasteiger partial charge in [0.15, 0.2) is 28.4 Å². The third-order valence-electron chi connectivity index (χ3n) is 7.03. The van der Waals surface area contributed by atoms with Gasteiger partial charge in [0.1, 0.15) is 5.75 Å². The average molecular weight is 485 g/mol. The van der Waals surface area contributed by atoms with E-state index in [-0.39, 0.29) is 16.9 Å². The number of piperidine rings is 1. The zero-order valence-corrected chi connectivity index (χ0v) is 19.9. The molecule has 1 aromatic heterocycles. The van der Waals surface area contributed by atoms with E-state index >= 15 is 0 Å². The lowest BCUT2D eigenvalue weighted by Gasteiger charge is -2.21. The molecular weight excluding hydrogens is 458 g/mol. The molecule has 2 aromatic carbocycles. The molecule has 0 radical (unpaired) electrons. The normalized spacial score (nSPS) is 21.6. The molecular formula is C25H26F2N4O2S. The Labute approximate surface area is 201 Å². The first-order valence-electron chi connectivity index (χ1n) is 11.3. The van der Waals surface area contributed by atoms with Gasteiger partial charge >= 0.3 is 0 Å². The van der Waals surface area contributed by atoms with Crippen LogP contribution in [0.15, 0.2) is 41.6 Å². The Kier molecular flexibility index (Phi) is 5.93. The highest BCUT2D eigenvalue weighted by molar-refractivity contribution is 7.99. The molecule has 0 bridgehead atoms. The summed E-state index contributed by atoms with van der Waals surface area (Å²) in [4.78, 5) is 14.3. The molecule has 1 aliphatic carbocycles. The number of rotatable bonds is 8. The van der Waals surface area contributed by atoms with Gasteiger partial charge in [-0.25, -0.2) is 8.78 Å². The largest absolute Gasteiger partial charge is 0.507 e. The number of ketones is 1. The van der Waals surface area contributed by atoms with Crippen LogP contribution in [0.5, 0.6) is 5.75 Å². The summed E-state index contributed by atoms with van der Waals surface area (Å²) in [6.45, 7) is 4.47. The first-order chi connectivity index (χ1) is 16.3. The molecule has 1 aliphatic heterocycles. The van der Waals surface area contributed by atoms with Crippen LogP contribution in [0.3, 0.4) is 0 Å². The first kappa shape index (κ1) is 23.0. The molecule has 2 atom stereocenters. The minimum Gasteiger partial charge on any atom is -0.507 e. The van der Waals surface area contributed by atoms with Gasteiger partial charge in [-0.2, -0.15) is 0 Å². The highest BCUT2D eigenvalue weighted by Gasteiger charge is 2.60. The first-order valence-corrected chi connectivity index (χ1v) is 12.3. The van der Waals surface area contributed by atoms with Crippen LogP contribution >= 0.6 is 11.8 Å². The number of fused-ring (bicyclic) bond motifs is 1. The van der Waals surface area contributed by atoms with Crippen molar-refractivity contribution in [3.8, 4) is 17.1 Å². The maximum absolute atomic E-state index is 13.6. The molecule has 0 unspecified atom stereocenters. The quantitative estimate of drug-likeness (QED) is 0.290. The molecule has 5 rings (SSSR count). The predicted molar refractivity (Wildman–Crippen MR) is 126 cm³/mol. The number of hydrogen-bond donors (Lipinski definition) is 1. The van der Waals surface area contributed by atoms with Crippen molar-refractivity contribution in [1.82, 2.24) is 19.7 Å².